The molecule has 0 bridgehead atoms. The summed E-state index contributed by atoms with van der Waals surface area (Å²) in [4.78, 5) is 27.7. The lowest BCUT2D eigenvalue weighted by atomic mass is 10.0. The largest absolute Gasteiger partial charge is 0.363 e. The molecule has 0 aromatic heterocycles. The Labute approximate surface area is 181 Å². The van der Waals surface area contributed by atoms with Crippen molar-refractivity contribution >= 4 is 34.6 Å². The van der Waals surface area contributed by atoms with E-state index in [1.54, 1.807) is 12.1 Å². The molecule has 1 N–H and O–H groups in total. The van der Waals surface area contributed by atoms with Gasteiger partial charge in [0.25, 0.3) is 5.69 Å². The quantitative estimate of drug-likeness (QED) is 0.527. The van der Waals surface area contributed by atoms with Crippen LogP contribution in [0, 0.1) is 10.1 Å². The molecule has 0 saturated carbocycles. The minimum atomic E-state index is -0.350. The normalized spacial score (nSPS) is 14.6. The first-order chi connectivity index (χ1) is 14.4. The van der Waals surface area contributed by atoms with Gasteiger partial charge in [0, 0.05) is 43.0 Å². The zero-order valence-corrected chi connectivity index (χ0v) is 18.1. The molecular weight excluding hydrogens is 404 g/mol. The molecule has 1 heterocycles. The number of amides is 1. The Balaban J connectivity index is 1.62. The Hall–Kier alpha value is -2.64. The van der Waals surface area contributed by atoms with Gasteiger partial charge in [0.05, 0.1) is 11.5 Å². The van der Waals surface area contributed by atoms with Gasteiger partial charge in [0.1, 0.15) is 5.69 Å². The minimum Gasteiger partial charge on any atom is -0.363 e. The van der Waals surface area contributed by atoms with Crippen LogP contribution in [0.1, 0.15) is 25.0 Å². The van der Waals surface area contributed by atoms with E-state index in [4.69, 9.17) is 11.6 Å². The first-order valence-electron chi connectivity index (χ1n) is 10.2. The summed E-state index contributed by atoms with van der Waals surface area (Å²) in [5.74, 6) is -0.0687. The van der Waals surface area contributed by atoms with Crippen molar-refractivity contribution in [2.45, 2.75) is 26.7 Å². The van der Waals surface area contributed by atoms with Crippen molar-refractivity contribution in [3.8, 4) is 0 Å². The first kappa shape index (κ1) is 22.1. The Bertz CT molecular complexity index is 927. The third-order valence-electron chi connectivity index (χ3n) is 5.50. The molecule has 0 radical (unpaired) electrons. The van der Waals surface area contributed by atoms with Crippen LogP contribution >= 0.6 is 11.6 Å². The molecule has 0 unspecified atom stereocenters. The standard InChI is InChI=1S/C22H27ClN4O3/c1-3-16-9-10-18(23)17(4-2)22(16)24-21(28)15-25-11-13-26(14-12-25)19-7-5-6-8-20(19)27(29)30/h5-10H,3-4,11-15H2,1-2H3,(H,24,28). The zero-order chi connectivity index (χ0) is 21.7. The van der Waals surface area contributed by atoms with Gasteiger partial charge in [-0.25, -0.2) is 0 Å². The Kier molecular flexibility index (Phi) is 7.29. The molecule has 7 nitrogen and oxygen atoms in total. The Morgan fingerprint density at radius 2 is 1.80 bits per heavy atom. The molecule has 1 aliphatic heterocycles. The number of anilines is 2. The topological polar surface area (TPSA) is 78.7 Å². The second-order valence-electron chi connectivity index (χ2n) is 7.32. The molecular formula is C22H27ClN4O3. The highest BCUT2D eigenvalue weighted by Gasteiger charge is 2.24. The molecule has 1 fully saturated rings. The van der Waals surface area contributed by atoms with Gasteiger partial charge < -0.3 is 10.2 Å². The van der Waals surface area contributed by atoms with Gasteiger partial charge in [0.2, 0.25) is 5.91 Å². The molecule has 3 rings (SSSR count). The van der Waals surface area contributed by atoms with Crippen LogP contribution in [-0.4, -0.2) is 48.5 Å². The lowest BCUT2D eigenvalue weighted by Gasteiger charge is -2.35. The number of para-hydroxylation sites is 2. The van der Waals surface area contributed by atoms with Crippen LogP contribution < -0.4 is 10.2 Å². The van der Waals surface area contributed by atoms with E-state index in [-0.39, 0.29) is 23.1 Å². The lowest BCUT2D eigenvalue weighted by Crippen LogP contribution is -2.48. The number of hydrogen-bond acceptors (Lipinski definition) is 5. The van der Waals surface area contributed by atoms with Gasteiger partial charge in [-0.1, -0.05) is 43.6 Å². The zero-order valence-electron chi connectivity index (χ0n) is 17.4. The summed E-state index contributed by atoms with van der Waals surface area (Å²) in [7, 11) is 0. The SMILES string of the molecule is CCc1ccc(Cl)c(CC)c1NC(=O)CN1CCN(c2ccccc2[N+](=O)[O-])CC1. The summed E-state index contributed by atoms with van der Waals surface area (Å²) in [6, 6.07) is 10.6. The minimum absolute atomic E-state index is 0.0687. The Morgan fingerprint density at radius 1 is 1.10 bits per heavy atom. The summed E-state index contributed by atoms with van der Waals surface area (Å²) in [5.41, 5.74) is 3.61. The van der Waals surface area contributed by atoms with Crippen LogP contribution in [0.3, 0.4) is 0 Å². The fourth-order valence-electron chi connectivity index (χ4n) is 3.88. The van der Waals surface area contributed by atoms with Crippen LogP contribution in [0.25, 0.3) is 0 Å². The maximum atomic E-state index is 12.7. The molecule has 0 atom stereocenters. The number of carbonyl (C=O) groups is 1. The number of carbonyl (C=O) groups excluding carboxylic acids is 1. The third kappa shape index (κ3) is 4.91. The Morgan fingerprint density at radius 3 is 2.43 bits per heavy atom. The van der Waals surface area contributed by atoms with Crippen molar-refractivity contribution in [3.05, 3.63) is 62.7 Å². The number of rotatable bonds is 7. The van der Waals surface area contributed by atoms with Crippen LogP contribution in [0.2, 0.25) is 5.02 Å². The number of piperazine rings is 1. The van der Waals surface area contributed by atoms with Crippen molar-refractivity contribution in [2.75, 3.05) is 42.9 Å². The molecule has 2 aromatic rings. The van der Waals surface area contributed by atoms with Gasteiger partial charge in [-0.2, -0.15) is 0 Å². The van der Waals surface area contributed by atoms with Crippen molar-refractivity contribution in [3.63, 3.8) is 0 Å². The predicted molar refractivity (Wildman–Crippen MR) is 121 cm³/mol. The van der Waals surface area contributed by atoms with E-state index >= 15 is 0 Å². The highest BCUT2D eigenvalue weighted by atomic mass is 35.5. The van der Waals surface area contributed by atoms with Crippen LogP contribution in [0.4, 0.5) is 17.1 Å². The molecule has 8 heteroatoms. The van der Waals surface area contributed by atoms with E-state index in [0.29, 0.717) is 36.9 Å². The number of nitro benzene ring substituents is 1. The average Bonchev–Trinajstić information content (AvgIpc) is 2.74. The number of nitrogens with zero attached hydrogens (tertiary/aromatic N) is 3. The molecule has 30 heavy (non-hydrogen) atoms. The summed E-state index contributed by atoms with van der Waals surface area (Å²) < 4.78 is 0. The van der Waals surface area contributed by atoms with Crippen molar-refractivity contribution in [2.24, 2.45) is 0 Å². The molecule has 1 aliphatic rings. The fourth-order valence-corrected chi connectivity index (χ4v) is 4.17. The number of nitro groups is 1. The van der Waals surface area contributed by atoms with Crippen molar-refractivity contribution < 1.29 is 9.72 Å². The van der Waals surface area contributed by atoms with E-state index in [1.165, 1.54) is 6.07 Å². The maximum Gasteiger partial charge on any atom is 0.292 e. The number of hydrogen-bond donors (Lipinski definition) is 1. The van der Waals surface area contributed by atoms with Gasteiger partial charge in [0.15, 0.2) is 0 Å². The smallest absolute Gasteiger partial charge is 0.292 e. The van der Waals surface area contributed by atoms with Crippen LogP contribution in [0.15, 0.2) is 36.4 Å². The van der Waals surface area contributed by atoms with Gasteiger partial charge >= 0.3 is 0 Å². The van der Waals surface area contributed by atoms with E-state index < -0.39 is 0 Å². The molecule has 160 valence electrons. The number of benzene rings is 2. The average molecular weight is 431 g/mol. The summed E-state index contributed by atoms with van der Waals surface area (Å²) in [6.07, 6.45) is 1.56. The second-order valence-corrected chi connectivity index (χ2v) is 7.73. The van der Waals surface area contributed by atoms with E-state index in [1.807, 2.05) is 30.0 Å². The highest BCUT2D eigenvalue weighted by molar-refractivity contribution is 6.32. The third-order valence-corrected chi connectivity index (χ3v) is 5.85. The van der Waals surface area contributed by atoms with Gasteiger partial charge in [-0.15, -0.1) is 0 Å². The molecule has 1 amide bonds. The lowest BCUT2D eigenvalue weighted by molar-refractivity contribution is -0.384. The molecule has 0 spiro atoms. The first-order valence-corrected chi connectivity index (χ1v) is 10.6. The summed E-state index contributed by atoms with van der Waals surface area (Å²) in [5, 5.41) is 15.0. The summed E-state index contributed by atoms with van der Waals surface area (Å²) in [6.45, 7) is 6.96. The van der Waals surface area contributed by atoms with Gasteiger partial charge in [-0.05, 0) is 36.1 Å². The maximum absolute atomic E-state index is 12.7. The molecule has 1 saturated heterocycles. The summed E-state index contributed by atoms with van der Waals surface area (Å²) >= 11 is 6.33. The highest BCUT2D eigenvalue weighted by Crippen LogP contribution is 2.30. The van der Waals surface area contributed by atoms with Crippen molar-refractivity contribution in [1.29, 1.82) is 0 Å². The number of halogens is 1. The predicted octanol–water partition coefficient (Wildman–Crippen LogP) is 4.13. The molecule has 0 aliphatic carbocycles. The van der Waals surface area contributed by atoms with Crippen molar-refractivity contribution in [1.82, 2.24) is 4.90 Å². The fraction of sp³-hybridized carbons (Fsp3) is 0.409. The molecule has 2 aromatic carbocycles. The van der Waals surface area contributed by atoms with Gasteiger partial charge in [-0.3, -0.25) is 19.8 Å². The number of nitrogens with one attached hydrogen (secondary N) is 1. The van der Waals surface area contributed by atoms with E-state index in [9.17, 15) is 14.9 Å². The van der Waals surface area contributed by atoms with Crippen LogP contribution in [-0.2, 0) is 17.6 Å². The van der Waals surface area contributed by atoms with Crippen LogP contribution in [0.5, 0.6) is 0 Å². The van der Waals surface area contributed by atoms with E-state index in [2.05, 4.69) is 17.1 Å². The number of aryl methyl sites for hydroxylation is 1. The second kappa shape index (κ2) is 9.91. The van der Waals surface area contributed by atoms with E-state index in [0.717, 1.165) is 29.7 Å². The monoisotopic (exact) mass is 430 g/mol.